The molecule has 198 valence electrons. The van der Waals surface area contributed by atoms with Crippen LogP contribution in [0, 0.1) is 22.9 Å². The van der Waals surface area contributed by atoms with Gasteiger partial charge >= 0.3 is 0 Å². The van der Waals surface area contributed by atoms with Gasteiger partial charge in [0.05, 0.1) is 10.6 Å². The van der Waals surface area contributed by atoms with Crippen molar-refractivity contribution in [3.8, 4) is 17.3 Å². The summed E-state index contributed by atoms with van der Waals surface area (Å²) in [6.07, 6.45) is 1.18. The molecule has 0 fully saturated rings. The standard InChI is InChI=1S/C24H28FN5O6S/c1-5-13-26-23(31)22-16(4)24(29(27-22)18-9-7-17(25)8-10-18)36-20-12-11-19(30(32)33)14-21(20)37(34,35)28-15(3)6-2/h7-12,14-15,28H,5-6,13H2,1-4H3,(H,26,31). The molecule has 11 nitrogen and oxygen atoms in total. The van der Waals surface area contributed by atoms with E-state index in [9.17, 15) is 27.7 Å². The molecule has 0 bridgehead atoms. The Balaban J connectivity index is 2.19. The number of sulfonamides is 1. The van der Waals surface area contributed by atoms with E-state index in [1.54, 1.807) is 20.8 Å². The van der Waals surface area contributed by atoms with Gasteiger partial charge in [0.1, 0.15) is 16.5 Å². The summed E-state index contributed by atoms with van der Waals surface area (Å²) in [6, 6.07) is 7.97. The van der Waals surface area contributed by atoms with Crippen LogP contribution in [0.1, 0.15) is 49.7 Å². The number of amides is 1. The summed E-state index contributed by atoms with van der Waals surface area (Å²) in [5, 5.41) is 18.4. The second-order valence-electron chi connectivity index (χ2n) is 8.34. The lowest BCUT2D eigenvalue weighted by molar-refractivity contribution is -0.385. The minimum absolute atomic E-state index is 0.0119. The van der Waals surface area contributed by atoms with E-state index in [0.29, 0.717) is 25.1 Å². The van der Waals surface area contributed by atoms with E-state index in [-0.39, 0.29) is 22.9 Å². The second kappa shape index (κ2) is 11.5. The average Bonchev–Trinajstić information content (AvgIpc) is 3.18. The Bertz CT molecular complexity index is 1410. The van der Waals surface area contributed by atoms with Gasteiger partial charge in [0.2, 0.25) is 15.9 Å². The molecule has 1 amide bonds. The molecule has 37 heavy (non-hydrogen) atoms. The largest absolute Gasteiger partial charge is 0.437 e. The first-order valence-corrected chi connectivity index (χ1v) is 13.1. The first-order chi connectivity index (χ1) is 17.5. The molecular formula is C24H28FN5O6S. The monoisotopic (exact) mass is 533 g/mol. The molecule has 0 aliphatic rings. The minimum Gasteiger partial charge on any atom is -0.437 e. The predicted molar refractivity (Wildman–Crippen MR) is 134 cm³/mol. The third-order valence-electron chi connectivity index (χ3n) is 5.49. The maximum atomic E-state index is 13.6. The van der Waals surface area contributed by atoms with E-state index in [1.807, 2.05) is 6.92 Å². The fourth-order valence-corrected chi connectivity index (χ4v) is 4.79. The topological polar surface area (TPSA) is 145 Å². The van der Waals surface area contributed by atoms with Gasteiger partial charge in [-0.3, -0.25) is 14.9 Å². The molecule has 0 saturated heterocycles. The summed E-state index contributed by atoms with van der Waals surface area (Å²) in [4.78, 5) is 23.0. The van der Waals surface area contributed by atoms with Crippen LogP contribution in [-0.4, -0.2) is 41.6 Å². The van der Waals surface area contributed by atoms with Crippen LogP contribution in [-0.2, 0) is 10.0 Å². The number of nitro benzene ring substituents is 1. The summed E-state index contributed by atoms with van der Waals surface area (Å²) in [6.45, 7) is 7.31. The Labute approximate surface area is 213 Å². The summed E-state index contributed by atoms with van der Waals surface area (Å²) in [5.41, 5.74) is 0.213. The number of nitrogens with zero attached hydrogens (tertiary/aromatic N) is 3. The van der Waals surface area contributed by atoms with Gasteiger partial charge in [-0.1, -0.05) is 13.8 Å². The van der Waals surface area contributed by atoms with Crippen molar-refractivity contribution in [2.45, 2.75) is 51.5 Å². The highest BCUT2D eigenvalue weighted by Crippen LogP contribution is 2.35. The molecule has 0 saturated carbocycles. The van der Waals surface area contributed by atoms with E-state index in [2.05, 4.69) is 15.1 Å². The maximum Gasteiger partial charge on any atom is 0.272 e. The number of rotatable bonds is 11. The number of nitro groups is 1. The Morgan fingerprint density at radius 2 is 1.89 bits per heavy atom. The molecule has 1 heterocycles. The fourth-order valence-electron chi connectivity index (χ4n) is 3.32. The van der Waals surface area contributed by atoms with E-state index in [4.69, 9.17) is 4.74 Å². The van der Waals surface area contributed by atoms with Crippen molar-refractivity contribution in [2.24, 2.45) is 0 Å². The van der Waals surface area contributed by atoms with Crippen molar-refractivity contribution in [3.05, 3.63) is 69.7 Å². The molecule has 0 spiro atoms. The number of benzene rings is 2. The SMILES string of the molecule is CCCNC(=O)c1nn(-c2ccc(F)cc2)c(Oc2ccc([N+](=O)[O-])cc2S(=O)(=O)NC(C)CC)c1C. The van der Waals surface area contributed by atoms with Gasteiger partial charge in [-0.2, -0.15) is 9.78 Å². The number of carbonyl (C=O) groups is 1. The van der Waals surface area contributed by atoms with Crippen molar-refractivity contribution >= 4 is 21.6 Å². The maximum absolute atomic E-state index is 13.6. The van der Waals surface area contributed by atoms with Gasteiger partial charge in [0.15, 0.2) is 5.69 Å². The van der Waals surface area contributed by atoms with Crippen LogP contribution in [0.4, 0.5) is 10.1 Å². The minimum atomic E-state index is -4.23. The zero-order valence-corrected chi connectivity index (χ0v) is 21.6. The fraction of sp³-hybridized carbons (Fsp3) is 0.333. The second-order valence-corrected chi connectivity index (χ2v) is 10.0. The van der Waals surface area contributed by atoms with Crippen LogP contribution in [0.15, 0.2) is 47.4 Å². The number of aromatic nitrogens is 2. The third kappa shape index (κ3) is 6.30. The van der Waals surface area contributed by atoms with Gasteiger partial charge in [-0.25, -0.2) is 17.5 Å². The van der Waals surface area contributed by atoms with Gasteiger partial charge in [0, 0.05) is 30.3 Å². The van der Waals surface area contributed by atoms with E-state index in [0.717, 1.165) is 12.1 Å². The van der Waals surface area contributed by atoms with Crippen LogP contribution in [0.5, 0.6) is 11.6 Å². The molecule has 1 unspecified atom stereocenters. The molecule has 1 aromatic heterocycles. The Morgan fingerprint density at radius 3 is 2.49 bits per heavy atom. The van der Waals surface area contributed by atoms with Crippen molar-refractivity contribution in [1.29, 1.82) is 0 Å². The summed E-state index contributed by atoms with van der Waals surface area (Å²) in [5.74, 6) is -1.19. The molecule has 3 aromatic rings. The summed E-state index contributed by atoms with van der Waals surface area (Å²) >= 11 is 0. The highest BCUT2D eigenvalue weighted by Gasteiger charge is 2.28. The van der Waals surface area contributed by atoms with E-state index < -0.39 is 43.3 Å². The van der Waals surface area contributed by atoms with Crippen molar-refractivity contribution in [2.75, 3.05) is 6.54 Å². The molecule has 2 aromatic carbocycles. The lowest BCUT2D eigenvalue weighted by atomic mass is 10.2. The quantitative estimate of drug-likeness (QED) is 0.277. The molecule has 0 aliphatic carbocycles. The Hall–Kier alpha value is -3.84. The van der Waals surface area contributed by atoms with Crippen molar-refractivity contribution in [3.63, 3.8) is 0 Å². The van der Waals surface area contributed by atoms with Gasteiger partial charge in [-0.05, 0) is 57.0 Å². The zero-order valence-electron chi connectivity index (χ0n) is 20.8. The number of nitrogens with one attached hydrogen (secondary N) is 2. The van der Waals surface area contributed by atoms with Crippen LogP contribution in [0.2, 0.25) is 0 Å². The van der Waals surface area contributed by atoms with Gasteiger partial charge in [0.25, 0.3) is 11.6 Å². The van der Waals surface area contributed by atoms with Crippen LogP contribution in [0.25, 0.3) is 5.69 Å². The highest BCUT2D eigenvalue weighted by atomic mass is 32.2. The third-order valence-corrected chi connectivity index (χ3v) is 7.10. The molecule has 0 aliphatic heterocycles. The van der Waals surface area contributed by atoms with Crippen molar-refractivity contribution in [1.82, 2.24) is 19.8 Å². The molecule has 1 atom stereocenters. The zero-order chi connectivity index (χ0) is 27.3. The van der Waals surface area contributed by atoms with E-state index >= 15 is 0 Å². The lowest BCUT2D eigenvalue weighted by Gasteiger charge is -2.16. The van der Waals surface area contributed by atoms with Crippen LogP contribution >= 0.6 is 0 Å². The molecule has 2 N–H and O–H groups in total. The average molecular weight is 534 g/mol. The van der Waals surface area contributed by atoms with Gasteiger partial charge < -0.3 is 10.1 Å². The molecule has 3 rings (SSSR count). The molecule has 13 heteroatoms. The number of non-ortho nitro benzene ring substituents is 1. The lowest BCUT2D eigenvalue weighted by Crippen LogP contribution is -2.32. The number of carbonyl (C=O) groups excluding carboxylic acids is 1. The van der Waals surface area contributed by atoms with Gasteiger partial charge in [-0.15, -0.1) is 0 Å². The Kier molecular flexibility index (Phi) is 8.61. The number of halogens is 1. The first kappa shape index (κ1) is 27.7. The number of ether oxygens (including phenoxy) is 1. The first-order valence-electron chi connectivity index (χ1n) is 11.6. The van der Waals surface area contributed by atoms with E-state index in [1.165, 1.54) is 35.0 Å². The molecule has 0 radical (unpaired) electrons. The van der Waals surface area contributed by atoms with Crippen LogP contribution in [0.3, 0.4) is 0 Å². The Morgan fingerprint density at radius 1 is 1.22 bits per heavy atom. The van der Waals surface area contributed by atoms with Crippen LogP contribution < -0.4 is 14.8 Å². The molecular weight excluding hydrogens is 505 g/mol. The number of hydrogen-bond acceptors (Lipinski definition) is 7. The predicted octanol–water partition coefficient (Wildman–Crippen LogP) is 4.24. The number of hydrogen-bond donors (Lipinski definition) is 2. The smallest absolute Gasteiger partial charge is 0.272 e. The highest BCUT2D eigenvalue weighted by molar-refractivity contribution is 7.89. The van der Waals surface area contributed by atoms with Crippen molar-refractivity contribution < 1.29 is 27.3 Å². The normalized spacial score (nSPS) is 12.2. The summed E-state index contributed by atoms with van der Waals surface area (Å²) < 4.78 is 49.6. The summed E-state index contributed by atoms with van der Waals surface area (Å²) in [7, 11) is -4.23.